The third kappa shape index (κ3) is 5.45. The number of fused-ring (bicyclic) bond motifs is 20. The Balaban J connectivity index is 0.00000147. The van der Waals surface area contributed by atoms with Crippen molar-refractivity contribution < 1.29 is 19.7 Å². The van der Waals surface area contributed by atoms with Gasteiger partial charge in [0.05, 0.1) is 19.7 Å². The van der Waals surface area contributed by atoms with Crippen LogP contribution in [0.1, 0.15) is 20.3 Å². The van der Waals surface area contributed by atoms with Gasteiger partial charge in [0.25, 0.3) is 22.7 Å². The van der Waals surface area contributed by atoms with Gasteiger partial charge in [0.15, 0.2) is 34.6 Å². The van der Waals surface area contributed by atoms with Crippen molar-refractivity contribution in [2.45, 2.75) is 20.3 Å². The van der Waals surface area contributed by atoms with Gasteiger partial charge in [-0.15, -0.1) is 0 Å². The lowest BCUT2D eigenvalue weighted by Crippen LogP contribution is -1.95. The number of nitro benzene ring substituents is 4. The first-order valence-electron chi connectivity index (χ1n) is 17.2. The molecule has 282 valence electrons. The van der Waals surface area contributed by atoms with Gasteiger partial charge < -0.3 is 9.13 Å². The Morgan fingerprint density at radius 1 is 0.456 bits per heavy atom. The molecule has 0 atom stereocenters. The summed E-state index contributed by atoms with van der Waals surface area (Å²) in [6.45, 7) is 4.25. The molecule has 0 aliphatic carbocycles. The van der Waals surface area contributed by atoms with Gasteiger partial charge in [-0.3, -0.25) is 40.5 Å². The van der Waals surface area contributed by atoms with Crippen LogP contribution in [0.5, 0.6) is 0 Å². The van der Waals surface area contributed by atoms with Crippen LogP contribution in [-0.4, -0.2) is 58.7 Å². The molecule has 8 bridgehead atoms. The van der Waals surface area contributed by atoms with E-state index in [1.54, 1.807) is 24.3 Å². The van der Waals surface area contributed by atoms with Crippen molar-refractivity contribution >= 4 is 66.9 Å². The van der Waals surface area contributed by atoms with E-state index in [1.807, 2.05) is 0 Å². The molecule has 7 aromatic rings. The van der Waals surface area contributed by atoms with Gasteiger partial charge in [-0.1, -0.05) is 44.5 Å². The van der Waals surface area contributed by atoms with Crippen LogP contribution in [0.25, 0.3) is 89.7 Å². The van der Waals surface area contributed by atoms with E-state index in [0.717, 1.165) is 0 Å². The van der Waals surface area contributed by atoms with Gasteiger partial charge in [-0.2, -0.15) is 0 Å². The molecule has 5 heterocycles. The van der Waals surface area contributed by atoms with Crippen LogP contribution in [0.4, 0.5) is 22.7 Å². The smallest absolute Gasteiger partial charge is 0.281 e. The van der Waals surface area contributed by atoms with Crippen molar-refractivity contribution in [3.63, 3.8) is 0 Å². The average Bonchev–Trinajstić information content (AvgIpc) is 3.87. The Hall–Kier alpha value is -8.16. The molecule has 0 saturated heterocycles. The van der Waals surface area contributed by atoms with Crippen molar-refractivity contribution in [1.82, 2.24) is 39.0 Å². The van der Waals surface area contributed by atoms with Gasteiger partial charge in [-0.05, 0) is 24.3 Å². The first-order valence-corrected chi connectivity index (χ1v) is 17.2. The Kier molecular flexibility index (Phi) is 8.36. The minimum absolute atomic E-state index is 0.00176. The summed E-state index contributed by atoms with van der Waals surface area (Å²) in [5.74, 6) is -0.459. The topological polar surface area (TPSA) is 260 Å². The quantitative estimate of drug-likeness (QED) is 0.122. The third-order valence-corrected chi connectivity index (χ3v) is 9.36. The number of nitro groups is 4. The van der Waals surface area contributed by atoms with E-state index in [0.29, 0.717) is 0 Å². The standard InChI is InChI=1S/C34H18N12O8.C3H8/c1-41-31-17-9-5-13-21(45(51)52)25(17)33(41)37-27-15-7-3-12-20(44(49)50)24(15)30(35-27)40-32-18-10-6-14-22(46(53)54)26(18)34(42(32)2)38-28-16-8-4-11-19(43(47)48)23(16)29(36-28)39-31;1-3-2/h3-14H,1-2H3;3H2,1-2H3. The molecule has 0 radical (unpaired) electrons. The Labute approximate surface area is 318 Å². The number of hydrogen-bond acceptors (Lipinski definition) is 14. The molecule has 9 rings (SSSR count). The molecule has 2 aliphatic heterocycles. The van der Waals surface area contributed by atoms with Crippen LogP contribution >= 0.6 is 0 Å². The number of non-ortho nitro benzene ring substituents is 2. The Morgan fingerprint density at radius 3 is 1.12 bits per heavy atom. The maximum Gasteiger partial charge on any atom is 0.281 e. The molecule has 0 N–H and O–H groups in total. The largest absolute Gasteiger partial charge is 0.313 e. The molecular weight excluding hydrogens is 740 g/mol. The van der Waals surface area contributed by atoms with Crippen LogP contribution in [0, 0.1) is 40.5 Å². The molecule has 3 aromatic heterocycles. The van der Waals surface area contributed by atoms with Crippen molar-refractivity contribution in [3.05, 3.63) is 113 Å². The number of aryl methyl sites for hydroxylation is 2. The van der Waals surface area contributed by atoms with Gasteiger partial charge in [0.2, 0.25) is 0 Å². The second-order valence-electron chi connectivity index (χ2n) is 12.9. The molecule has 20 nitrogen and oxygen atoms in total. The molecule has 2 aliphatic rings. The summed E-state index contributed by atoms with van der Waals surface area (Å²) in [6, 6.07) is 17.1. The van der Waals surface area contributed by atoms with E-state index < -0.39 is 19.7 Å². The minimum atomic E-state index is -0.605. The maximum absolute atomic E-state index is 12.4. The molecule has 0 fully saturated rings. The fraction of sp³-hybridized carbons (Fsp3) is 0.135. The summed E-state index contributed by atoms with van der Waals surface area (Å²) in [6.07, 6.45) is 1.25. The summed E-state index contributed by atoms with van der Waals surface area (Å²) in [7, 11) is 3.07. The molecule has 0 spiro atoms. The summed E-state index contributed by atoms with van der Waals surface area (Å²) in [4.78, 5) is 75.5. The monoisotopic (exact) mass is 766 g/mol. The highest BCUT2D eigenvalue weighted by Gasteiger charge is 2.32. The fourth-order valence-electron chi connectivity index (χ4n) is 7.05. The van der Waals surface area contributed by atoms with Crippen LogP contribution in [0.15, 0.2) is 72.8 Å². The zero-order valence-corrected chi connectivity index (χ0v) is 30.3. The predicted molar refractivity (Wildman–Crippen MR) is 208 cm³/mol. The number of nitrogens with zero attached hydrogens (tertiary/aromatic N) is 12. The first kappa shape index (κ1) is 35.8. The molecular formula is C37H26N12O8. The second-order valence-corrected chi connectivity index (χ2v) is 12.9. The van der Waals surface area contributed by atoms with E-state index in [9.17, 15) is 40.5 Å². The maximum atomic E-state index is 12.4. The second kappa shape index (κ2) is 13.3. The van der Waals surface area contributed by atoms with Gasteiger partial charge in [0, 0.05) is 60.3 Å². The van der Waals surface area contributed by atoms with E-state index >= 15 is 0 Å². The SMILES string of the molecule is CCC.Cn1c2nc3nc(nc4c5c([N+](=O)[O-])cccc5c(nc5nc(nc1c1c([N+](=O)[O-])cccc12)-c1cccc([N+](=O)[O-])c1-5)n4C)-c1cccc([N+](=O)[O-])c1-3. The van der Waals surface area contributed by atoms with E-state index in [-0.39, 0.29) is 112 Å². The lowest BCUT2D eigenvalue weighted by atomic mass is 10.1. The number of hydrogen-bond donors (Lipinski definition) is 0. The van der Waals surface area contributed by atoms with Crippen LogP contribution in [0.2, 0.25) is 0 Å². The van der Waals surface area contributed by atoms with Crippen molar-refractivity contribution in [2.75, 3.05) is 0 Å². The minimum Gasteiger partial charge on any atom is -0.313 e. The number of aromatic nitrogens is 8. The average molecular weight is 767 g/mol. The zero-order chi connectivity index (χ0) is 40.4. The van der Waals surface area contributed by atoms with Gasteiger partial charge in [-0.25, -0.2) is 29.9 Å². The van der Waals surface area contributed by atoms with E-state index in [1.165, 1.54) is 78.2 Å². The van der Waals surface area contributed by atoms with E-state index in [4.69, 9.17) is 19.9 Å². The van der Waals surface area contributed by atoms with Crippen molar-refractivity contribution in [2.24, 2.45) is 14.1 Å². The van der Waals surface area contributed by atoms with Crippen LogP contribution < -0.4 is 0 Å². The first-order chi connectivity index (χ1) is 27.4. The highest BCUT2D eigenvalue weighted by Crippen LogP contribution is 2.44. The highest BCUT2D eigenvalue weighted by molar-refractivity contribution is 6.12. The molecule has 0 saturated carbocycles. The van der Waals surface area contributed by atoms with Crippen molar-refractivity contribution in [1.29, 1.82) is 0 Å². The Morgan fingerprint density at radius 2 is 0.772 bits per heavy atom. The van der Waals surface area contributed by atoms with Gasteiger partial charge >= 0.3 is 0 Å². The van der Waals surface area contributed by atoms with Gasteiger partial charge in [0.1, 0.15) is 33.2 Å². The summed E-state index contributed by atoms with van der Waals surface area (Å²) < 4.78 is 2.87. The fourth-order valence-corrected chi connectivity index (χ4v) is 7.05. The molecule has 57 heavy (non-hydrogen) atoms. The highest BCUT2D eigenvalue weighted by atomic mass is 16.6. The lowest BCUT2D eigenvalue weighted by Gasteiger charge is -2.01. The van der Waals surface area contributed by atoms with Crippen LogP contribution in [-0.2, 0) is 14.1 Å². The summed E-state index contributed by atoms with van der Waals surface area (Å²) in [5.41, 5.74) is -0.832. The summed E-state index contributed by atoms with van der Waals surface area (Å²) >= 11 is 0. The van der Waals surface area contributed by atoms with E-state index in [2.05, 4.69) is 23.8 Å². The number of benzene rings is 4. The molecule has 4 aromatic carbocycles. The molecule has 0 amide bonds. The zero-order valence-electron chi connectivity index (χ0n) is 30.3. The predicted octanol–water partition coefficient (Wildman–Crippen LogP) is 7.94. The molecule has 0 unspecified atom stereocenters. The van der Waals surface area contributed by atoms with Crippen LogP contribution in [0.3, 0.4) is 0 Å². The summed E-state index contributed by atoms with van der Waals surface area (Å²) in [5, 5.41) is 50.1. The molecule has 20 heteroatoms. The van der Waals surface area contributed by atoms with Crippen molar-refractivity contribution in [3.8, 4) is 45.6 Å². The third-order valence-electron chi connectivity index (χ3n) is 9.36. The normalized spacial score (nSPS) is 11.4. The number of rotatable bonds is 4. The lowest BCUT2D eigenvalue weighted by molar-refractivity contribution is -0.384. The Bertz CT molecular complexity index is 2930.